The van der Waals surface area contributed by atoms with E-state index in [0.717, 1.165) is 24.6 Å². The molecule has 2 unspecified atom stereocenters. The second-order valence-electron chi connectivity index (χ2n) is 8.31. The first kappa shape index (κ1) is 15.8. The molecule has 1 heterocycles. The normalized spacial score (nSPS) is 29.4. The van der Waals surface area contributed by atoms with E-state index < -0.39 is 0 Å². The van der Waals surface area contributed by atoms with Gasteiger partial charge in [0.05, 0.1) is 0 Å². The van der Waals surface area contributed by atoms with E-state index >= 15 is 0 Å². The molecule has 0 amide bonds. The first-order valence-corrected chi connectivity index (χ1v) is 8.86. The largest absolute Gasteiger partial charge is 0.362 e. The molecule has 1 aromatic rings. The van der Waals surface area contributed by atoms with Crippen LogP contribution in [0.4, 0.5) is 0 Å². The van der Waals surface area contributed by atoms with Gasteiger partial charge in [-0.25, -0.2) is 0 Å². The Morgan fingerprint density at radius 2 is 1.95 bits per heavy atom. The SMILES string of the molecule is CC1(C)CC2CC(C)(CN2C(=S)NCCc2ccccc2)C1. The van der Waals surface area contributed by atoms with Gasteiger partial charge in [0, 0.05) is 19.1 Å². The van der Waals surface area contributed by atoms with Crippen LogP contribution in [-0.2, 0) is 6.42 Å². The smallest absolute Gasteiger partial charge is 0.169 e. The standard InChI is InChI=1S/C19H28N2S/c1-18(2)11-16-12-19(3,13-18)14-21(16)17(22)20-10-9-15-7-5-4-6-8-15/h4-8,16H,9-14H2,1-3H3,(H,20,22). The van der Waals surface area contributed by atoms with Crippen LogP contribution in [0, 0.1) is 10.8 Å². The van der Waals surface area contributed by atoms with Gasteiger partial charge in [-0.05, 0) is 54.3 Å². The molecule has 2 fully saturated rings. The van der Waals surface area contributed by atoms with Gasteiger partial charge in [0.1, 0.15) is 0 Å². The third-order valence-corrected chi connectivity index (χ3v) is 5.59. The molecule has 2 bridgehead atoms. The molecule has 3 heteroatoms. The van der Waals surface area contributed by atoms with Crippen molar-refractivity contribution in [1.29, 1.82) is 0 Å². The third-order valence-electron chi connectivity index (χ3n) is 5.21. The number of likely N-dealkylation sites (tertiary alicyclic amines) is 1. The van der Waals surface area contributed by atoms with E-state index in [0.29, 0.717) is 16.9 Å². The summed E-state index contributed by atoms with van der Waals surface area (Å²) in [6, 6.07) is 11.2. The maximum atomic E-state index is 5.69. The first-order chi connectivity index (χ1) is 10.4. The molecule has 22 heavy (non-hydrogen) atoms. The second kappa shape index (κ2) is 5.84. The van der Waals surface area contributed by atoms with Crippen molar-refractivity contribution in [2.75, 3.05) is 13.1 Å². The van der Waals surface area contributed by atoms with Crippen molar-refractivity contribution in [1.82, 2.24) is 10.2 Å². The third kappa shape index (κ3) is 3.45. The average Bonchev–Trinajstić information content (AvgIpc) is 2.69. The van der Waals surface area contributed by atoms with Gasteiger partial charge in [0.15, 0.2) is 5.11 Å². The Kier molecular flexibility index (Phi) is 4.19. The Labute approximate surface area is 140 Å². The monoisotopic (exact) mass is 316 g/mol. The molecule has 2 nitrogen and oxygen atoms in total. The number of hydrogen-bond acceptors (Lipinski definition) is 1. The van der Waals surface area contributed by atoms with Gasteiger partial charge < -0.3 is 10.2 Å². The minimum absolute atomic E-state index is 0.442. The Hall–Kier alpha value is -1.09. The van der Waals surface area contributed by atoms with Gasteiger partial charge in [-0.15, -0.1) is 0 Å². The van der Waals surface area contributed by atoms with Crippen molar-refractivity contribution >= 4 is 17.3 Å². The number of nitrogens with zero attached hydrogens (tertiary/aromatic N) is 1. The summed E-state index contributed by atoms with van der Waals surface area (Å²) in [5.74, 6) is 0. The lowest BCUT2D eigenvalue weighted by Gasteiger charge is -2.39. The van der Waals surface area contributed by atoms with Gasteiger partial charge in [-0.3, -0.25) is 0 Å². The molecule has 1 aliphatic heterocycles. The first-order valence-electron chi connectivity index (χ1n) is 8.45. The van der Waals surface area contributed by atoms with Crippen LogP contribution in [0.3, 0.4) is 0 Å². The van der Waals surface area contributed by atoms with Crippen LogP contribution in [-0.4, -0.2) is 29.1 Å². The molecule has 1 saturated carbocycles. The van der Waals surface area contributed by atoms with E-state index in [1.54, 1.807) is 0 Å². The Morgan fingerprint density at radius 3 is 2.68 bits per heavy atom. The number of nitrogens with one attached hydrogen (secondary N) is 1. The summed E-state index contributed by atoms with van der Waals surface area (Å²) in [6.45, 7) is 9.30. The molecule has 3 rings (SSSR count). The molecule has 1 aromatic carbocycles. The summed E-state index contributed by atoms with van der Waals surface area (Å²) in [4.78, 5) is 2.47. The van der Waals surface area contributed by atoms with Gasteiger partial charge in [-0.1, -0.05) is 51.1 Å². The summed E-state index contributed by atoms with van der Waals surface area (Å²) in [6.07, 6.45) is 4.92. The molecule has 2 atom stereocenters. The van der Waals surface area contributed by atoms with Crippen LogP contribution >= 0.6 is 12.2 Å². The fraction of sp³-hybridized carbons (Fsp3) is 0.632. The molecular weight excluding hydrogens is 288 g/mol. The van der Waals surface area contributed by atoms with Crippen LogP contribution < -0.4 is 5.32 Å². The van der Waals surface area contributed by atoms with Crippen LogP contribution in [0.25, 0.3) is 0 Å². The lowest BCUT2D eigenvalue weighted by Crippen LogP contribution is -2.44. The molecule has 0 aromatic heterocycles. The van der Waals surface area contributed by atoms with Crippen molar-refractivity contribution < 1.29 is 0 Å². The van der Waals surface area contributed by atoms with Crippen LogP contribution in [0.2, 0.25) is 0 Å². The summed E-state index contributed by atoms with van der Waals surface area (Å²) < 4.78 is 0. The molecule has 0 spiro atoms. The van der Waals surface area contributed by atoms with Crippen LogP contribution in [0.5, 0.6) is 0 Å². The number of thiocarbonyl (C=S) groups is 1. The van der Waals surface area contributed by atoms with Gasteiger partial charge in [0.25, 0.3) is 0 Å². The van der Waals surface area contributed by atoms with E-state index in [-0.39, 0.29) is 0 Å². The summed E-state index contributed by atoms with van der Waals surface area (Å²) in [5, 5.41) is 4.45. The molecule has 2 aliphatic rings. The molecular formula is C19H28N2S. The lowest BCUT2D eigenvalue weighted by atomic mass is 9.65. The summed E-state index contributed by atoms with van der Waals surface area (Å²) >= 11 is 5.69. The maximum Gasteiger partial charge on any atom is 0.169 e. The fourth-order valence-electron chi connectivity index (χ4n) is 4.76. The summed E-state index contributed by atoms with van der Waals surface area (Å²) in [5.41, 5.74) is 2.26. The van der Waals surface area contributed by atoms with E-state index in [2.05, 4.69) is 61.3 Å². The zero-order chi connectivity index (χ0) is 15.8. The highest BCUT2D eigenvalue weighted by Gasteiger charge is 2.50. The molecule has 1 N–H and O–H groups in total. The van der Waals surface area contributed by atoms with Crippen LogP contribution in [0.1, 0.15) is 45.6 Å². The maximum absolute atomic E-state index is 5.69. The molecule has 120 valence electrons. The van der Waals surface area contributed by atoms with Crippen molar-refractivity contribution in [2.45, 2.75) is 52.5 Å². The van der Waals surface area contributed by atoms with Crippen molar-refractivity contribution in [3.8, 4) is 0 Å². The molecule has 1 aliphatic carbocycles. The van der Waals surface area contributed by atoms with Gasteiger partial charge in [0.2, 0.25) is 0 Å². The highest BCUT2D eigenvalue weighted by Crippen LogP contribution is 2.52. The zero-order valence-electron chi connectivity index (χ0n) is 14.1. The van der Waals surface area contributed by atoms with Gasteiger partial charge in [-0.2, -0.15) is 0 Å². The summed E-state index contributed by atoms with van der Waals surface area (Å²) in [7, 11) is 0. The Balaban J connectivity index is 1.55. The highest BCUT2D eigenvalue weighted by atomic mass is 32.1. The number of fused-ring (bicyclic) bond motifs is 2. The Morgan fingerprint density at radius 1 is 1.23 bits per heavy atom. The average molecular weight is 317 g/mol. The van der Waals surface area contributed by atoms with E-state index in [9.17, 15) is 0 Å². The van der Waals surface area contributed by atoms with E-state index in [1.165, 1.54) is 24.8 Å². The predicted molar refractivity (Wildman–Crippen MR) is 97.0 cm³/mol. The lowest BCUT2D eigenvalue weighted by molar-refractivity contribution is 0.132. The van der Waals surface area contributed by atoms with Crippen molar-refractivity contribution in [3.63, 3.8) is 0 Å². The quantitative estimate of drug-likeness (QED) is 0.849. The minimum atomic E-state index is 0.442. The second-order valence-corrected chi connectivity index (χ2v) is 8.70. The van der Waals surface area contributed by atoms with Crippen LogP contribution in [0.15, 0.2) is 30.3 Å². The topological polar surface area (TPSA) is 15.3 Å². The predicted octanol–water partition coefficient (Wildman–Crippen LogP) is 4.00. The number of hydrogen-bond donors (Lipinski definition) is 1. The fourth-order valence-corrected chi connectivity index (χ4v) is 5.07. The highest BCUT2D eigenvalue weighted by molar-refractivity contribution is 7.80. The van der Waals surface area contributed by atoms with Crippen molar-refractivity contribution in [3.05, 3.63) is 35.9 Å². The Bertz CT molecular complexity index is 540. The van der Waals surface area contributed by atoms with E-state index in [1.807, 2.05) is 0 Å². The minimum Gasteiger partial charge on any atom is -0.362 e. The number of benzene rings is 1. The zero-order valence-corrected chi connectivity index (χ0v) is 14.9. The molecule has 1 saturated heterocycles. The van der Waals surface area contributed by atoms with Crippen molar-refractivity contribution in [2.24, 2.45) is 10.8 Å². The molecule has 0 radical (unpaired) electrons. The van der Waals surface area contributed by atoms with Gasteiger partial charge >= 0.3 is 0 Å². The van der Waals surface area contributed by atoms with E-state index in [4.69, 9.17) is 12.2 Å². The number of rotatable bonds is 3.